The van der Waals surface area contributed by atoms with Gasteiger partial charge in [0, 0.05) is 6.20 Å². The molecular formula is C23H36N2O3. The highest BCUT2D eigenvalue weighted by Gasteiger charge is 2.07. The average molecular weight is 389 g/mol. The van der Waals surface area contributed by atoms with E-state index in [-0.39, 0.29) is 17.3 Å². The molecule has 0 saturated heterocycles. The zero-order chi connectivity index (χ0) is 19.9. The summed E-state index contributed by atoms with van der Waals surface area (Å²) < 4.78 is 10.9. The second-order valence-electron chi connectivity index (χ2n) is 7.59. The van der Waals surface area contributed by atoms with Crippen LogP contribution in [0, 0.1) is 0 Å². The van der Waals surface area contributed by atoms with E-state index in [0.717, 1.165) is 12.8 Å². The Morgan fingerprint density at radius 1 is 0.857 bits per heavy atom. The molecular weight excluding hydrogens is 352 g/mol. The lowest BCUT2D eigenvalue weighted by molar-refractivity contribution is 0.221. The number of aromatic nitrogens is 2. The van der Waals surface area contributed by atoms with Gasteiger partial charge in [-0.25, -0.2) is 4.98 Å². The van der Waals surface area contributed by atoms with Gasteiger partial charge in [0.05, 0.1) is 6.61 Å². The van der Waals surface area contributed by atoms with Crippen LogP contribution in [0.4, 0.5) is 0 Å². The van der Waals surface area contributed by atoms with E-state index in [0.29, 0.717) is 12.0 Å². The van der Waals surface area contributed by atoms with Crippen molar-refractivity contribution in [3.63, 3.8) is 0 Å². The Balaban J connectivity index is 1.43. The van der Waals surface area contributed by atoms with Gasteiger partial charge in [-0.05, 0) is 18.6 Å². The molecule has 0 saturated carbocycles. The van der Waals surface area contributed by atoms with Gasteiger partial charge in [-0.2, -0.15) is 0 Å². The predicted octanol–water partition coefficient (Wildman–Crippen LogP) is 6.44. The molecule has 0 bridgehead atoms. The normalized spacial score (nSPS) is 11.2. The van der Waals surface area contributed by atoms with Crippen LogP contribution in [0.3, 0.4) is 0 Å². The molecule has 0 fully saturated rings. The fourth-order valence-corrected chi connectivity index (χ4v) is 3.40. The molecule has 0 aliphatic carbocycles. The SMILES string of the molecule is CCCCCCCCCCCCCCCCOc1nc(=O)c2cccnc2o1. The Kier molecular flexibility index (Phi) is 11.3. The van der Waals surface area contributed by atoms with E-state index in [1.807, 2.05) is 0 Å². The molecule has 0 atom stereocenters. The van der Waals surface area contributed by atoms with Gasteiger partial charge in [0.2, 0.25) is 5.71 Å². The first kappa shape index (κ1) is 22.4. The molecule has 0 aliphatic heterocycles. The van der Waals surface area contributed by atoms with Crippen molar-refractivity contribution < 1.29 is 9.15 Å². The summed E-state index contributed by atoms with van der Waals surface area (Å²) in [5.41, 5.74) is -0.0798. The van der Waals surface area contributed by atoms with E-state index in [4.69, 9.17) is 9.15 Å². The maximum atomic E-state index is 11.9. The molecule has 2 aromatic rings. The molecule has 0 N–H and O–H groups in total. The Bertz CT molecular complexity index is 714. The lowest BCUT2D eigenvalue weighted by Crippen LogP contribution is -2.09. The van der Waals surface area contributed by atoms with Gasteiger partial charge in [0.25, 0.3) is 5.56 Å². The van der Waals surface area contributed by atoms with E-state index in [1.165, 1.54) is 77.0 Å². The summed E-state index contributed by atoms with van der Waals surface area (Å²) in [5, 5.41) is 0.381. The molecule has 2 aromatic heterocycles. The fraction of sp³-hybridized carbons (Fsp3) is 0.696. The van der Waals surface area contributed by atoms with Crippen LogP contribution in [0.2, 0.25) is 0 Å². The highest BCUT2D eigenvalue weighted by Crippen LogP contribution is 2.14. The van der Waals surface area contributed by atoms with Crippen LogP contribution in [0.1, 0.15) is 96.8 Å². The summed E-state index contributed by atoms with van der Waals surface area (Å²) >= 11 is 0. The van der Waals surface area contributed by atoms with E-state index in [1.54, 1.807) is 18.3 Å². The van der Waals surface area contributed by atoms with E-state index in [2.05, 4.69) is 16.9 Å². The molecule has 5 nitrogen and oxygen atoms in total. The van der Waals surface area contributed by atoms with Gasteiger partial charge in [0.1, 0.15) is 5.39 Å². The molecule has 2 heterocycles. The van der Waals surface area contributed by atoms with Crippen molar-refractivity contribution in [2.24, 2.45) is 0 Å². The van der Waals surface area contributed by atoms with Gasteiger partial charge in [-0.1, -0.05) is 90.4 Å². The molecule has 2 rings (SSSR count). The topological polar surface area (TPSA) is 65.2 Å². The lowest BCUT2D eigenvalue weighted by Gasteiger charge is -2.05. The van der Waals surface area contributed by atoms with Gasteiger partial charge in [0.15, 0.2) is 0 Å². The highest BCUT2D eigenvalue weighted by atomic mass is 16.6. The number of ether oxygens (including phenoxy) is 1. The van der Waals surface area contributed by atoms with Crippen LogP contribution in [0.15, 0.2) is 27.5 Å². The molecule has 156 valence electrons. The Labute approximate surface area is 168 Å². The number of rotatable bonds is 16. The van der Waals surface area contributed by atoms with Gasteiger partial charge in [-0.3, -0.25) is 4.79 Å². The minimum absolute atomic E-state index is 0.0193. The van der Waals surface area contributed by atoms with Crippen LogP contribution in [-0.4, -0.2) is 16.6 Å². The summed E-state index contributed by atoms with van der Waals surface area (Å²) in [6, 6.07) is 3.34. The van der Waals surface area contributed by atoms with Crippen molar-refractivity contribution in [2.75, 3.05) is 6.61 Å². The predicted molar refractivity (Wildman–Crippen MR) is 114 cm³/mol. The quantitative estimate of drug-likeness (QED) is 0.309. The molecule has 0 aromatic carbocycles. The van der Waals surface area contributed by atoms with Crippen LogP contribution in [0.5, 0.6) is 6.08 Å². The summed E-state index contributed by atoms with van der Waals surface area (Å²) in [6.45, 7) is 2.79. The first-order chi connectivity index (χ1) is 13.8. The fourth-order valence-electron chi connectivity index (χ4n) is 3.40. The van der Waals surface area contributed by atoms with Crippen molar-refractivity contribution in [1.82, 2.24) is 9.97 Å². The number of hydrogen-bond donors (Lipinski definition) is 0. The van der Waals surface area contributed by atoms with Gasteiger partial charge >= 0.3 is 6.08 Å². The minimum atomic E-state index is -0.356. The van der Waals surface area contributed by atoms with Crippen LogP contribution in [0.25, 0.3) is 11.1 Å². The van der Waals surface area contributed by atoms with E-state index in [9.17, 15) is 4.79 Å². The third kappa shape index (κ3) is 8.85. The summed E-state index contributed by atoms with van der Waals surface area (Å²) in [5.74, 6) is 0. The Morgan fingerprint density at radius 2 is 1.43 bits per heavy atom. The van der Waals surface area contributed by atoms with E-state index < -0.39 is 0 Å². The third-order valence-electron chi connectivity index (χ3n) is 5.10. The lowest BCUT2D eigenvalue weighted by atomic mass is 10.0. The molecule has 5 heteroatoms. The van der Waals surface area contributed by atoms with E-state index >= 15 is 0 Å². The number of nitrogens with zero attached hydrogens (tertiary/aromatic N) is 2. The molecule has 0 aliphatic rings. The summed E-state index contributed by atoms with van der Waals surface area (Å²) in [7, 11) is 0. The van der Waals surface area contributed by atoms with Gasteiger partial charge in [-0.15, -0.1) is 4.98 Å². The van der Waals surface area contributed by atoms with Crippen LogP contribution >= 0.6 is 0 Å². The molecule has 0 unspecified atom stereocenters. The molecule has 28 heavy (non-hydrogen) atoms. The first-order valence-electron chi connectivity index (χ1n) is 11.2. The first-order valence-corrected chi connectivity index (χ1v) is 11.2. The van der Waals surface area contributed by atoms with Crippen molar-refractivity contribution in [1.29, 1.82) is 0 Å². The second-order valence-corrected chi connectivity index (χ2v) is 7.59. The van der Waals surface area contributed by atoms with Crippen LogP contribution in [-0.2, 0) is 0 Å². The zero-order valence-corrected chi connectivity index (χ0v) is 17.5. The maximum absolute atomic E-state index is 11.9. The molecule has 0 spiro atoms. The monoisotopic (exact) mass is 388 g/mol. The smallest absolute Gasteiger partial charge is 0.398 e. The van der Waals surface area contributed by atoms with Crippen molar-refractivity contribution in [3.8, 4) is 6.08 Å². The number of pyridine rings is 1. The summed E-state index contributed by atoms with van der Waals surface area (Å²) in [6.07, 6.45) is 20.1. The van der Waals surface area contributed by atoms with Crippen LogP contribution < -0.4 is 10.3 Å². The summed E-state index contributed by atoms with van der Waals surface area (Å²) in [4.78, 5) is 19.7. The number of hydrogen-bond acceptors (Lipinski definition) is 5. The maximum Gasteiger partial charge on any atom is 0.398 e. The minimum Gasteiger partial charge on any atom is -0.450 e. The third-order valence-corrected chi connectivity index (χ3v) is 5.10. The van der Waals surface area contributed by atoms with Crippen molar-refractivity contribution in [2.45, 2.75) is 96.8 Å². The zero-order valence-electron chi connectivity index (χ0n) is 17.5. The molecule has 0 amide bonds. The Morgan fingerprint density at radius 3 is 2.04 bits per heavy atom. The van der Waals surface area contributed by atoms with Gasteiger partial charge < -0.3 is 9.15 Å². The average Bonchev–Trinajstić information content (AvgIpc) is 2.71. The molecule has 0 radical (unpaired) electrons. The Hall–Kier alpha value is -1.91. The standard InChI is InChI=1S/C23H36N2O3/c1-2-3-4-5-6-7-8-9-10-11-12-13-14-15-19-27-23-25-21(26)20-17-16-18-24-22(20)28-23/h16-18H,2-15,19H2,1H3. The highest BCUT2D eigenvalue weighted by molar-refractivity contribution is 5.70. The van der Waals surface area contributed by atoms with Crippen molar-refractivity contribution in [3.05, 3.63) is 28.7 Å². The number of fused-ring (bicyclic) bond motifs is 1. The second kappa shape index (κ2) is 14.1. The van der Waals surface area contributed by atoms with Crippen molar-refractivity contribution >= 4 is 11.1 Å². The number of unbranched alkanes of at least 4 members (excludes halogenated alkanes) is 13. The largest absolute Gasteiger partial charge is 0.450 e.